The Morgan fingerprint density at radius 1 is 1.10 bits per heavy atom. The molecule has 0 aromatic heterocycles. The maximum atomic E-state index is 5.91. The standard InChI is InChI=1S/C16H26N2O2Si/c1-5-15-6-8-16(9-7-15)21(19-3,20-4)14-18-12-10-17(2)11-13-18/h5-9H,1,10-14H2,2-4H3. The summed E-state index contributed by atoms with van der Waals surface area (Å²) >= 11 is 0. The van der Waals surface area contributed by atoms with Gasteiger partial charge in [-0.05, 0) is 17.8 Å². The first kappa shape index (κ1) is 16.4. The molecular weight excluding hydrogens is 280 g/mol. The lowest BCUT2D eigenvalue weighted by atomic mass is 10.2. The maximum absolute atomic E-state index is 5.91. The van der Waals surface area contributed by atoms with Crippen LogP contribution in [0.3, 0.4) is 0 Å². The van der Waals surface area contributed by atoms with E-state index in [0.717, 1.165) is 37.9 Å². The number of rotatable bonds is 6. The van der Waals surface area contributed by atoms with Crippen LogP contribution in [-0.4, -0.2) is 72.0 Å². The Morgan fingerprint density at radius 3 is 2.14 bits per heavy atom. The first-order valence-electron chi connectivity index (χ1n) is 7.37. The molecule has 1 aromatic carbocycles. The molecule has 0 amide bonds. The highest BCUT2D eigenvalue weighted by Gasteiger charge is 2.40. The van der Waals surface area contributed by atoms with Crippen molar-refractivity contribution in [2.45, 2.75) is 0 Å². The van der Waals surface area contributed by atoms with Crippen LogP contribution < -0.4 is 5.19 Å². The third-order valence-corrected chi connectivity index (χ3v) is 7.67. The fourth-order valence-electron chi connectivity index (χ4n) is 2.71. The lowest BCUT2D eigenvalue weighted by Gasteiger charge is -2.37. The fourth-order valence-corrected chi connectivity index (χ4v) is 5.37. The highest BCUT2D eigenvalue weighted by molar-refractivity contribution is 6.81. The van der Waals surface area contributed by atoms with Crippen molar-refractivity contribution in [3.05, 3.63) is 36.4 Å². The van der Waals surface area contributed by atoms with Crippen molar-refractivity contribution in [2.24, 2.45) is 0 Å². The Bertz CT molecular complexity index is 452. The molecule has 116 valence electrons. The molecule has 1 aromatic rings. The summed E-state index contributed by atoms with van der Waals surface area (Å²) in [5.74, 6) is 0. The summed E-state index contributed by atoms with van der Waals surface area (Å²) in [7, 11) is 3.32. The monoisotopic (exact) mass is 306 g/mol. The molecule has 0 aliphatic carbocycles. The average Bonchev–Trinajstić information content (AvgIpc) is 2.55. The topological polar surface area (TPSA) is 24.9 Å². The highest BCUT2D eigenvalue weighted by atomic mass is 28.4. The Kier molecular flexibility index (Phi) is 5.72. The molecular formula is C16H26N2O2Si. The average molecular weight is 306 g/mol. The second-order valence-corrected chi connectivity index (χ2v) is 8.78. The Labute approximate surface area is 129 Å². The second kappa shape index (κ2) is 7.33. The summed E-state index contributed by atoms with van der Waals surface area (Å²) in [5, 5.41) is 1.18. The smallest absolute Gasteiger partial charge is 0.386 e. The third kappa shape index (κ3) is 3.81. The molecule has 1 aliphatic rings. The van der Waals surface area contributed by atoms with Crippen LogP contribution in [0, 0.1) is 0 Å². The van der Waals surface area contributed by atoms with Crippen LogP contribution >= 0.6 is 0 Å². The zero-order valence-electron chi connectivity index (χ0n) is 13.3. The molecule has 0 saturated carbocycles. The molecule has 1 fully saturated rings. The van der Waals surface area contributed by atoms with Crippen LogP contribution in [-0.2, 0) is 8.85 Å². The van der Waals surface area contributed by atoms with Crippen molar-refractivity contribution >= 4 is 19.8 Å². The SMILES string of the molecule is C=Cc1ccc([Si](CN2CCN(C)CC2)(OC)OC)cc1. The minimum atomic E-state index is -2.39. The van der Waals surface area contributed by atoms with Crippen LogP contribution in [0.4, 0.5) is 0 Å². The Hall–Kier alpha value is -0.983. The molecule has 5 heteroatoms. The van der Waals surface area contributed by atoms with E-state index in [0.29, 0.717) is 0 Å². The fraction of sp³-hybridized carbons (Fsp3) is 0.500. The van der Waals surface area contributed by atoms with Gasteiger partial charge in [0.05, 0.1) is 0 Å². The molecule has 1 aliphatic heterocycles. The molecule has 0 radical (unpaired) electrons. The van der Waals surface area contributed by atoms with Crippen molar-refractivity contribution in [3.63, 3.8) is 0 Å². The minimum Gasteiger partial charge on any atom is -0.394 e. The molecule has 0 bridgehead atoms. The van der Waals surface area contributed by atoms with E-state index in [-0.39, 0.29) is 0 Å². The van der Waals surface area contributed by atoms with Crippen LogP contribution in [0.15, 0.2) is 30.8 Å². The van der Waals surface area contributed by atoms with Gasteiger partial charge >= 0.3 is 8.56 Å². The van der Waals surface area contributed by atoms with E-state index in [1.54, 1.807) is 14.2 Å². The normalized spacial score (nSPS) is 17.9. The van der Waals surface area contributed by atoms with E-state index < -0.39 is 8.56 Å². The van der Waals surface area contributed by atoms with E-state index in [2.05, 4.69) is 47.7 Å². The van der Waals surface area contributed by atoms with Gasteiger partial charge in [-0.15, -0.1) is 0 Å². The van der Waals surface area contributed by atoms with E-state index in [1.807, 2.05) is 6.08 Å². The zero-order valence-corrected chi connectivity index (χ0v) is 14.3. The molecule has 21 heavy (non-hydrogen) atoms. The Balaban J connectivity index is 2.16. The van der Waals surface area contributed by atoms with E-state index in [1.165, 1.54) is 5.19 Å². The summed E-state index contributed by atoms with van der Waals surface area (Å²) in [4.78, 5) is 4.82. The van der Waals surface area contributed by atoms with Crippen LogP contribution in [0.2, 0.25) is 0 Å². The van der Waals surface area contributed by atoms with E-state index >= 15 is 0 Å². The number of nitrogens with zero attached hydrogens (tertiary/aromatic N) is 2. The summed E-state index contributed by atoms with van der Waals surface area (Å²) in [6.45, 7) is 8.15. The molecule has 0 spiro atoms. The number of piperazine rings is 1. The number of hydrogen-bond donors (Lipinski definition) is 0. The van der Waals surface area contributed by atoms with Gasteiger partial charge in [-0.3, -0.25) is 4.90 Å². The van der Waals surface area contributed by atoms with Crippen molar-refractivity contribution in [2.75, 3.05) is 53.6 Å². The first-order chi connectivity index (χ1) is 10.1. The van der Waals surface area contributed by atoms with Gasteiger partial charge in [0, 0.05) is 46.6 Å². The van der Waals surface area contributed by atoms with Gasteiger partial charge in [-0.25, -0.2) is 0 Å². The second-order valence-electron chi connectivity index (χ2n) is 5.57. The maximum Gasteiger partial charge on any atom is 0.386 e. The largest absolute Gasteiger partial charge is 0.394 e. The Morgan fingerprint density at radius 2 is 1.67 bits per heavy atom. The summed E-state index contributed by atoms with van der Waals surface area (Å²) in [6, 6.07) is 8.39. The van der Waals surface area contributed by atoms with Crippen LogP contribution in [0.1, 0.15) is 5.56 Å². The van der Waals surface area contributed by atoms with Gasteiger partial charge in [0.25, 0.3) is 0 Å². The number of hydrogen-bond acceptors (Lipinski definition) is 4. The molecule has 0 N–H and O–H groups in total. The van der Waals surface area contributed by atoms with Crippen molar-refractivity contribution in [3.8, 4) is 0 Å². The quantitative estimate of drug-likeness (QED) is 0.734. The van der Waals surface area contributed by atoms with Crippen molar-refractivity contribution in [1.82, 2.24) is 9.80 Å². The predicted molar refractivity (Wildman–Crippen MR) is 89.9 cm³/mol. The van der Waals surface area contributed by atoms with Gasteiger partial charge in [0.1, 0.15) is 0 Å². The molecule has 1 saturated heterocycles. The van der Waals surface area contributed by atoms with Crippen molar-refractivity contribution in [1.29, 1.82) is 0 Å². The zero-order chi connectivity index (χ0) is 15.3. The molecule has 4 nitrogen and oxygen atoms in total. The minimum absolute atomic E-state index is 0.876. The summed E-state index contributed by atoms with van der Waals surface area (Å²) in [5.41, 5.74) is 1.12. The van der Waals surface area contributed by atoms with Gasteiger partial charge in [0.15, 0.2) is 0 Å². The summed E-state index contributed by atoms with van der Waals surface area (Å²) in [6.07, 6.45) is 2.73. The van der Waals surface area contributed by atoms with Crippen LogP contribution in [0.5, 0.6) is 0 Å². The number of likely N-dealkylation sites (N-methyl/N-ethyl adjacent to an activating group) is 1. The molecule has 0 atom stereocenters. The number of benzene rings is 1. The van der Waals surface area contributed by atoms with Crippen LogP contribution in [0.25, 0.3) is 6.08 Å². The molecule has 0 unspecified atom stereocenters. The summed E-state index contributed by atoms with van der Waals surface area (Å²) < 4.78 is 11.8. The van der Waals surface area contributed by atoms with Gasteiger partial charge in [-0.2, -0.15) is 0 Å². The molecule has 1 heterocycles. The molecule has 2 rings (SSSR count). The van der Waals surface area contributed by atoms with Crippen molar-refractivity contribution < 1.29 is 8.85 Å². The van der Waals surface area contributed by atoms with Gasteiger partial charge in [-0.1, -0.05) is 36.9 Å². The van der Waals surface area contributed by atoms with E-state index in [9.17, 15) is 0 Å². The van der Waals surface area contributed by atoms with Gasteiger partial charge < -0.3 is 13.8 Å². The lowest BCUT2D eigenvalue weighted by Crippen LogP contribution is -2.62. The lowest BCUT2D eigenvalue weighted by molar-refractivity contribution is 0.149. The third-order valence-electron chi connectivity index (χ3n) is 4.27. The van der Waals surface area contributed by atoms with Gasteiger partial charge in [0.2, 0.25) is 0 Å². The highest BCUT2D eigenvalue weighted by Crippen LogP contribution is 2.12. The first-order valence-corrected chi connectivity index (χ1v) is 9.40. The van der Waals surface area contributed by atoms with E-state index in [4.69, 9.17) is 8.85 Å². The predicted octanol–water partition coefficient (Wildman–Crippen LogP) is 1.06.